The van der Waals surface area contributed by atoms with E-state index in [2.05, 4.69) is 22.2 Å². The van der Waals surface area contributed by atoms with E-state index in [4.69, 9.17) is 0 Å². The lowest BCUT2D eigenvalue weighted by Crippen LogP contribution is -2.43. The molecule has 1 atom stereocenters. The van der Waals surface area contributed by atoms with Gasteiger partial charge in [0, 0.05) is 30.7 Å². The van der Waals surface area contributed by atoms with E-state index >= 15 is 0 Å². The Bertz CT molecular complexity index is 682. The number of carbonyl (C=O) groups is 1. The molecule has 2 heterocycles. The monoisotopic (exact) mass is 324 g/mol. The predicted octanol–water partition coefficient (Wildman–Crippen LogP) is 3.93. The Labute approximate surface area is 143 Å². The van der Waals surface area contributed by atoms with Gasteiger partial charge in [-0.05, 0) is 44.7 Å². The first-order chi connectivity index (χ1) is 11.7. The molecule has 1 aromatic carbocycles. The van der Waals surface area contributed by atoms with Crippen LogP contribution in [0.25, 0.3) is 0 Å². The van der Waals surface area contributed by atoms with Crippen LogP contribution < -0.4 is 5.32 Å². The largest absolute Gasteiger partial charge is 0.336 e. The minimum atomic E-state index is 0.0448. The molecule has 126 valence electrons. The number of nitrogens with one attached hydrogen (secondary N) is 1. The zero-order valence-corrected chi connectivity index (χ0v) is 14.3. The standard InChI is InChI=1S/C19H24N4O/c1-3-17-6-4-5-11-23(17)18(24)15-12-20-19(21-13-15)22-16-9-7-14(2)8-10-16/h7-10,12-13,17H,3-6,11H2,1-2H3,(H,20,21,22). The van der Waals surface area contributed by atoms with E-state index in [1.165, 1.54) is 12.0 Å². The highest BCUT2D eigenvalue weighted by Gasteiger charge is 2.26. The van der Waals surface area contributed by atoms with Crippen LogP contribution in [0.3, 0.4) is 0 Å². The van der Waals surface area contributed by atoms with Crippen molar-refractivity contribution in [1.82, 2.24) is 14.9 Å². The lowest BCUT2D eigenvalue weighted by Gasteiger charge is -2.35. The zero-order chi connectivity index (χ0) is 16.9. The number of carbonyl (C=O) groups excluding carboxylic acids is 1. The Morgan fingerprint density at radius 3 is 2.58 bits per heavy atom. The summed E-state index contributed by atoms with van der Waals surface area (Å²) in [6.45, 7) is 5.02. The van der Waals surface area contributed by atoms with E-state index in [0.29, 0.717) is 17.6 Å². The molecule has 0 saturated carbocycles. The third-order valence-corrected chi connectivity index (χ3v) is 4.57. The first-order valence-electron chi connectivity index (χ1n) is 8.64. The van der Waals surface area contributed by atoms with Crippen LogP contribution in [0, 0.1) is 6.92 Å². The summed E-state index contributed by atoms with van der Waals surface area (Å²) >= 11 is 0. The number of benzene rings is 1. The van der Waals surface area contributed by atoms with E-state index in [0.717, 1.165) is 31.5 Å². The summed E-state index contributed by atoms with van der Waals surface area (Å²) in [4.78, 5) is 23.3. The van der Waals surface area contributed by atoms with E-state index in [1.54, 1.807) is 12.4 Å². The molecule has 1 aliphatic rings. The summed E-state index contributed by atoms with van der Waals surface area (Å²) in [5.41, 5.74) is 2.70. The molecule has 24 heavy (non-hydrogen) atoms. The van der Waals surface area contributed by atoms with Gasteiger partial charge in [0.25, 0.3) is 5.91 Å². The number of aryl methyl sites for hydroxylation is 1. The Morgan fingerprint density at radius 2 is 1.92 bits per heavy atom. The van der Waals surface area contributed by atoms with Crippen LogP contribution in [0.2, 0.25) is 0 Å². The van der Waals surface area contributed by atoms with Gasteiger partial charge in [0.15, 0.2) is 0 Å². The van der Waals surface area contributed by atoms with Crippen LogP contribution in [-0.4, -0.2) is 33.4 Å². The Morgan fingerprint density at radius 1 is 1.21 bits per heavy atom. The van der Waals surface area contributed by atoms with Gasteiger partial charge in [-0.1, -0.05) is 24.6 Å². The molecule has 0 spiro atoms. The van der Waals surface area contributed by atoms with E-state index in [-0.39, 0.29) is 5.91 Å². The SMILES string of the molecule is CCC1CCCCN1C(=O)c1cnc(Nc2ccc(C)cc2)nc1. The number of hydrogen-bond donors (Lipinski definition) is 1. The molecule has 1 unspecified atom stereocenters. The minimum absolute atomic E-state index is 0.0448. The molecular weight excluding hydrogens is 300 g/mol. The highest BCUT2D eigenvalue weighted by molar-refractivity contribution is 5.94. The average molecular weight is 324 g/mol. The molecule has 1 aliphatic heterocycles. The molecule has 1 saturated heterocycles. The van der Waals surface area contributed by atoms with Gasteiger partial charge in [-0.15, -0.1) is 0 Å². The maximum atomic E-state index is 12.7. The van der Waals surface area contributed by atoms with Crippen LogP contribution >= 0.6 is 0 Å². The lowest BCUT2D eigenvalue weighted by atomic mass is 9.99. The first kappa shape index (κ1) is 16.4. The first-order valence-corrected chi connectivity index (χ1v) is 8.64. The van der Waals surface area contributed by atoms with Gasteiger partial charge in [0.2, 0.25) is 5.95 Å². The van der Waals surface area contributed by atoms with E-state index in [1.807, 2.05) is 36.1 Å². The number of anilines is 2. The van der Waals surface area contributed by atoms with E-state index < -0.39 is 0 Å². The third-order valence-electron chi connectivity index (χ3n) is 4.57. The maximum absolute atomic E-state index is 12.7. The molecule has 0 aliphatic carbocycles. The highest BCUT2D eigenvalue weighted by Crippen LogP contribution is 2.22. The van der Waals surface area contributed by atoms with Crippen molar-refractivity contribution in [2.24, 2.45) is 0 Å². The zero-order valence-electron chi connectivity index (χ0n) is 14.3. The number of piperidine rings is 1. The Kier molecular flexibility index (Phi) is 5.08. The van der Waals surface area contributed by atoms with Gasteiger partial charge in [0.1, 0.15) is 0 Å². The second-order valence-corrected chi connectivity index (χ2v) is 6.34. The smallest absolute Gasteiger partial charge is 0.257 e. The number of aromatic nitrogens is 2. The molecule has 1 fully saturated rings. The quantitative estimate of drug-likeness (QED) is 0.925. The molecule has 5 nitrogen and oxygen atoms in total. The predicted molar refractivity (Wildman–Crippen MR) is 95.5 cm³/mol. The van der Waals surface area contributed by atoms with Gasteiger partial charge in [0.05, 0.1) is 5.56 Å². The molecule has 0 bridgehead atoms. The molecule has 1 N–H and O–H groups in total. The normalized spacial score (nSPS) is 17.6. The summed E-state index contributed by atoms with van der Waals surface area (Å²) in [5, 5.41) is 3.15. The van der Waals surface area contributed by atoms with Crippen LogP contribution in [0.1, 0.15) is 48.5 Å². The number of amides is 1. The van der Waals surface area contributed by atoms with Crippen molar-refractivity contribution in [2.45, 2.75) is 45.6 Å². The van der Waals surface area contributed by atoms with Gasteiger partial charge in [-0.3, -0.25) is 4.79 Å². The second-order valence-electron chi connectivity index (χ2n) is 6.34. The van der Waals surface area contributed by atoms with Crippen LogP contribution in [0.4, 0.5) is 11.6 Å². The van der Waals surface area contributed by atoms with Crippen molar-refractivity contribution in [1.29, 1.82) is 0 Å². The van der Waals surface area contributed by atoms with Gasteiger partial charge in [-0.2, -0.15) is 0 Å². The average Bonchev–Trinajstić information content (AvgIpc) is 2.63. The summed E-state index contributed by atoms with van der Waals surface area (Å²) in [6, 6.07) is 8.37. The van der Waals surface area contributed by atoms with Crippen LogP contribution in [0.15, 0.2) is 36.7 Å². The van der Waals surface area contributed by atoms with Crippen LogP contribution in [-0.2, 0) is 0 Å². The second kappa shape index (κ2) is 7.43. The Balaban J connectivity index is 1.69. The highest BCUT2D eigenvalue weighted by atomic mass is 16.2. The molecule has 3 rings (SSSR count). The van der Waals surface area contributed by atoms with E-state index in [9.17, 15) is 4.79 Å². The van der Waals surface area contributed by atoms with Gasteiger partial charge < -0.3 is 10.2 Å². The molecule has 2 aromatic rings. The lowest BCUT2D eigenvalue weighted by molar-refractivity contribution is 0.0607. The number of rotatable bonds is 4. The van der Waals surface area contributed by atoms with Crippen molar-refractivity contribution in [3.05, 3.63) is 47.8 Å². The number of hydrogen-bond acceptors (Lipinski definition) is 4. The molecule has 1 amide bonds. The fourth-order valence-corrected chi connectivity index (χ4v) is 3.13. The maximum Gasteiger partial charge on any atom is 0.257 e. The van der Waals surface area contributed by atoms with Crippen molar-refractivity contribution in [2.75, 3.05) is 11.9 Å². The summed E-state index contributed by atoms with van der Waals surface area (Å²) in [6.07, 6.45) is 7.62. The number of likely N-dealkylation sites (tertiary alicyclic amines) is 1. The molecular formula is C19H24N4O. The molecule has 0 radical (unpaired) electrons. The van der Waals surface area contributed by atoms with Crippen molar-refractivity contribution in [3.63, 3.8) is 0 Å². The van der Waals surface area contributed by atoms with Crippen molar-refractivity contribution >= 4 is 17.5 Å². The number of nitrogens with zero attached hydrogens (tertiary/aromatic N) is 3. The fourth-order valence-electron chi connectivity index (χ4n) is 3.13. The summed E-state index contributed by atoms with van der Waals surface area (Å²) < 4.78 is 0. The van der Waals surface area contributed by atoms with Gasteiger partial charge >= 0.3 is 0 Å². The fraction of sp³-hybridized carbons (Fsp3) is 0.421. The summed E-state index contributed by atoms with van der Waals surface area (Å²) in [7, 11) is 0. The van der Waals surface area contributed by atoms with Gasteiger partial charge in [-0.25, -0.2) is 9.97 Å². The summed E-state index contributed by atoms with van der Waals surface area (Å²) in [5.74, 6) is 0.546. The molecule has 1 aromatic heterocycles. The molecule has 5 heteroatoms. The topological polar surface area (TPSA) is 58.1 Å². The minimum Gasteiger partial charge on any atom is -0.336 e. The third kappa shape index (κ3) is 3.72. The van der Waals surface area contributed by atoms with Crippen molar-refractivity contribution < 1.29 is 4.79 Å². The Hall–Kier alpha value is -2.43. The van der Waals surface area contributed by atoms with Crippen LogP contribution in [0.5, 0.6) is 0 Å². The van der Waals surface area contributed by atoms with Crippen molar-refractivity contribution in [3.8, 4) is 0 Å².